The van der Waals surface area contributed by atoms with Gasteiger partial charge in [0, 0.05) is 26.2 Å². The number of amides is 1. The molecule has 1 amide bonds. The van der Waals surface area contributed by atoms with Gasteiger partial charge in [0.05, 0.1) is 23.1 Å². The summed E-state index contributed by atoms with van der Waals surface area (Å²) in [5, 5.41) is 0. The van der Waals surface area contributed by atoms with Gasteiger partial charge < -0.3 is 9.47 Å². The molecule has 182 valence electrons. The molecule has 1 heterocycles. The minimum Gasteiger partial charge on any atom is -0.331 e. The van der Waals surface area contributed by atoms with Crippen molar-refractivity contribution >= 4 is 16.9 Å². The highest BCUT2D eigenvalue weighted by molar-refractivity contribution is 5.94. The molecular weight excluding hydrogens is 434 g/mol. The van der Waals surface area contributed by atoms with Gasteiger partial charge in [0.25, 0.3) is 5.91 Å². The average molecular weight is 469 g/mol. The third-order valence-electron chi connectivity index (χ3n) is 5.60. The topological polar surface area (TPSA) is 41.4 Å². The van der Waals surface area contributed by atoms with Crippen LogP contribution in [0.15, 0.2) is 49.1 Å². The van der Waals surface area contributed by atoms with Gasteiger partial charge >= 0.3 is 0 Å². The van der Waals surface area contributed by atoms with Gasteiger partial charge in [-0.2, -0.15) is 0 Å². The molecule has 0 radical (unpaired) electrons. The van der Waals surface area contributed by atoms with Crippen LogP contribution in [0, 0.1) is 17.6 Å². The number of benzene rings is 2. The minimum absolute atomic E-state index is 0.150. The Labute approximate surface area is 200 Å². The fourth-order valence-electron chi connectivity index (χ4n) is 4.18. The zero-order valence-electron chi connectivity index (χ0n) is 20.5. The number of hydrogen-bond donors (Lipinski definition) is 0. The van der Waals surface area contributed by atoms with E-state index in [9.17, 15) is 13.6 Å². The Morgan fingerprint density at radius 2 is 1.94 bits per heavy atom. The van der Waals surface area contributed by atoms with Crippen molar-refractivity contribution in [1.82, 2.24) is 19.4 Å². The van der Waals surface area contributed by atoms with E-state index in [-0.39, 0.29) is 18.0 Å². The van der Waals surface area contributed by atoms with E-state index in [0.717, 1.165) is 66.7 Å². The van der Waals surface area contributed by atoms with Crippen molar-refractivity contribution in [3.63, 3.8) is 0 Å². The van der Waals surface area contributed by atoms with Gasteiger partial charge in [-0.15, -0.1) is 6.58 Å². The Kier molecular flexibility index (Phi) is 8.56. The second-order valence-electron chi connectivity index (χ2n) is 9.19. The van der Waals surface area contributed by atoms with Gasteiger partial charge in [-0.1, -0.05) is 32.9 Å². The van der Waals surface area contributed by atoms with Crippen molar-refractivity contribution in [1.29, 1.82) is 0 Å². The number of halogens is 2. The quantitative estimate of drug-likeness (QED) is 0.342. The van der Waals surface area contributed by atoms with E-state index >= 15 is 0 Å². The summed E-state index contributed by atoms with van der Waals surface area (Å²) in [5.74, 6) is -1.01. The Morgan fingerprint density at radius 1 is 1.18 bits per heavy atom. The van der Waals surface area contributed by atoms with Gasteiger partial charge in [0.1, 0.15) is 17.5 Å². The minimum atomic E-state index is -0.726. The normalized spacial score (nSPS) is 11.5. The summed E-state index contributed by atoms with van der Waals surface area (Å²) in [5.41, 5.74) is 2.75. The highest BCUT2D eigenvalue weighted by Gasteiger charge is 2.23. The van der Waals surface area contributed by atoms with Crippen LogP contribution in [0.3, 0.4) is 0 Å². The predicted molar refractivity (Wildman–Crippen MR) is 132 cm³/mol. The lowest BCUT2D eigenvalue weighted by molar-refractivity contribution is 0.0711. The molecule has 0 saturated carbocycles. The second-order valence-corrected chi connectivity index (χ2v) is 9.19. The SMILES string of the molecule is C=CCN(C)Cc1ccc2c(c1)nc(CN(CC(C)C)C(=O)c1cc(F)ccc1F)n2CCC. The number of aryl methyl sites for hydroxylation is 1. The Balaban J connectivity index is 1.98. The average Bonchev–Trinajstić information content (AvgIpc) is 3.11. The Hall–Kier alpha value is -3.06. The summed E-state index contributed by atoms with van der Waals surface area (Å²) in [7, 11) is 2.04. The summed E-state index contributed by atoms with van der Waals surface area (Å²) in [6, 6.07) is 9.21. The molecule has 2 aromatic carbocycles. The van der Waals surface area contributed by atoms with Gasteiger partial charge in [-0.05, 0) is 55.3 Å². The molecule has 0 N–H and O–H groups in total. The first-order chi connectivity index (χ1) is 16.2. The Bertz CT molecular complexity index is 1150. The number of aromatic nitrogens is 2. The highest BCUT2D eigenvalue weighted by atomic mass is 19.1. The van der Waals surface area contributed by atoms with Crippen molar-refractivity contribution < 1.29 is 13.6 Å². The van der Waals surface area contributed by atoms with Crippen LogP contribution in [0.5, 0.6) is 0 Å². The van der Waals surface area contributed by atoms with E-state index in [1.54, 1.807) is 4.90 Å². The predicted octanol–water partition coefficient (Wildman–Crippen LogP) is 5.64. The van der Waals surface area contributed by atoms with Crippen molar-refractivity contribution in [2.75, 3.05) is 20.1 Å². The summed E-state index contributed by atoms with van der Waals surface area (Å²) in [6.45, 7) is 12.8. The molecule has 0 aliphatic carbocycles. The molecule has 3 aromatic rings. The molecule has 0 atom stereocenters. The molecule has 7 heteroatoms. The van der Waals surface area contributed by atoms with E-state index in [2.05, 4.69) is 41.2 Å². The summed E-state index contributed by atoms with van der Waals surface area (Å²) < 4.78 is 30.3. The smallest absolute Gasteiger partial charge is 0.257 e. The third kappa shape index (κ3) is 6.08. The molecule has 0 aliphatic heterocycles. The number of rotatable bonds is 11. The highest BCUT2D eigenvalue weighted by Crippen LogP contribution is 2.22. The first kappa shape index (κ1) is 25.6. The summed E-state index contributed by atoms with van der Waals surface area (Å²) in [4.78, 5) is 21.8. The fourth-order valence-corrected chi connectivity index (χ4v) is 4.18. The maximum atomic E-state index is 14.4. The largest absolute Gasteiger partial charge is 0.331 e. The van der Waals surface area contributed by atoms with Crippen LogP contribution < -0.4 is 0 Å². The van der Waals surface area contributed by atoms with E-state index in [4.69, 9.17) is 4.98 Å². The number of nitrogens with zero attached hydrogens (tertiary/aromatic N) is 4. The maximum Gasteiger partial charge on any atom is 0.257 e. The molecule has 1 aromatic heterocycles. The molecule has 0 saturated heterocycles. The number of likely N-dealkylation sites (N-methyl/N-ethyl adjacent to an activating group) is 1. The number of imidazole rings is 1. The molecular formula is C27H34F2N4O. The van der Waals surface area contributed by atoms with E-state index < -0.39 is 17.5 Å². The first-order valence-corrected chi connectivity index (χ1v) is 11.7. The third-order valence-corrected chi connectivity index (χ3v) is 5.60. The molecule has 0 spiro atoms. The van der Waals surface area contributed by atoms with Crippen molar-refractivity contribution in [3.8, 4) is 0 Å². The van der Waals surface area contributed by atoms with Crippen LogP contribution >= 0.6 is 0 Å². The van der Waals surface area contributed by atoms with Crippen LogP contribution in [-0.2, 0) is 19.6 Å². The molecule has 0 bridgehead atoms. The number of carbonyl (C=O) groups excluding carboxylic acids is 1. The van der Waals surface area contributed by atoms with E-state index in [0.29, 0.717) is 6.54 Å². The van der Waals surface area contributed by atoms with Crippen LogP contribution in [0.1, 0.15) is 48.9 Å². The molecule has 3 rings (SSSR count). The van der Waals surface area contributed by atoms with E-state index in [1.165, 1.54) is 0 Å². The lowest BCUT2D eigenvalue weighted by atomic mass is 10.1. The van der Waals surface area contributed by atoms with Gasteiger partial charge in [0.2, 0.25) is 0 Å². The van der Waals surface area contributed by atoms with Crippen LogP contribution in [0.4, 0.5) is 8.78 Å². The van der Waals surface area contributed by atoms with Crippen molar-refractivity contribution in [3.05, 3.63) is 77.6 Å². The first-order valence-electron chi connectivity index (χ1n) is 11.7. The van der Waals surface area contributed by atoms with Crippen LogP contribution in [0.25, 0.3) is 11.0 Å². The maximum absolute atomic E-state index is 14.4. The molecule has 0 unspecified atom stereocenters. The van der Waals surface area contributed by atoms with Gasteiger partial charge in [-0.25, -0.2) is 13.8 Å². The molecule has 34 heavy (non-hydrogen) atoms. The lowest BCUT2D eigenvalue weighted by Crippen LogP contribution is -2.35. The monoisotopic (exact) mass is 468 g/mol. The number of carbonyl (C=O) groups is 1. The Morgan fingerprint density at radius 3 is 2.62 bits per heavy atom. The van der Waals surface area contributed by atoms with Crippen molar-refractivity contribution in [2.45, 2.75) is 46.8 Å². The standard InChI is InChI=1S/C27H34F2N4O/c1-6-12-31(5)17-20-8-11-25-24(14-20)30-26(33(25)13-7-2)18-32(16-19(3)4)27(34)22-15-21(28)9-10-23(22)29/h6,8-11,14-15,19H,1,7,12-13,16-18H2,2-5H3. The lowest BCUT2D eigenvalue weighted by Gasteiger charge is -2.25. The van der Waals surface area contributed by atoms with Crippen molar-refractivity contribution in [2.24, 2.45) is 5.92 Å². The number of hydrogen-bond acceptors (Lipinski definition) is 3. The van der Waals surface area contributed by atoms with Crippen LogP contribution in [0.2, 0.25) is 0 Å². The zero-order valence-corrected chi connectivity index (χ0v) is 20.5. The van der Waals surface area contributed by atoms with Gasteiger partial charge in [0.15, 0.2) is 0 Å². The fraction of sp³-hybridized carbons (Fsp3) is 0.407. The number of fused-ring (bicyclic) bond motifs is 1. The van der Waals surface area contributed by atoms with E-state index in [1.807, 2.05) is 27.0 Å². The molecule has 0 fully saturated rings. The van der Waals surface area contributed by atoms with Gasteiger partial charge in [-0.3, -0.25) is 9.69 Å². The second kappa shape index (κ2) is 11.4. The molecule has 0 aliphatic rings. The summed E-state index contributed by atoms with van der Waals surface area (Å²) >= 11 is 0. The zero-order chi connectivity index (χ0) is 24.8. The molecule has 5 nitrogen and oxygen atoms in total. The van der Waals surface area contributed by atoms with Crippen LogP contribution in [-0.4, -0.2) is 45.4 Å². The summed E-state index contributed by atoms with van der Waals surface area (Å²) in [6.07, 6.45) is 2.77.